The predicted molar refractivity (Wildman–Crippen MR) is 56.2 cm³/mol. The molecule has 1 aromatic heterocycles. The van der Waals surface area contributed by atoms with Crippen LogP contribution in [0.1, 0.15) is 38.9 Å². The van der Waals surface area contributed by atoms with E-state index in [0.29, 0.717) is 11.8 Å². The van der Waals surface area contributed by atoms with E-state index < -0.39 is 0 Å². The van der Waals surface area contributed by atoms with Crippen molar-refractivity contribution in [2.75, 3.05) is 11.9 Å². The summed E-state index contributed by atoms with van der Waals surface area (Å²) in [6, 6.07) is 0.534. The van der Waals surface area contributed by atoms with Crippen molar-refractivity contribution in [3.05, 3.63) is 5.82 Å². The third kappa shape index (κ3) is 4.25. The molecule has 0 fully saturated rings. The van der Waals surface area contributed by atoms with Gasteiger partial charge in [0.15, 0.2) is 5.82 Å². The molecule has 1 N–H and O–H groups in total. The van der Waals surface area contributed by atoms with Gasteiger partial charge < -0.3 is 9.84 Å². The molecule has 0 unspecified atom stereocenters. The average Bonchev–Trinajstić information content (AvgIpc) is 2.50. The Morgan fingerprint density at radius 1 is 1.36 bits per heavy atom. The third-order valence-electron chi connectivity index (χ3n) is 2.01. The highest BCUT2D eigenvalue weighted by molar-refractivity contribution is 5.17. The Morgan fingerprint density at radius 2 is 2.14 bits per heavy atom. The third-order valence-corrected chi connectivity index (χ3v) is 2.01. The summed E-state index contributed by atoms with van der Waals surface area (Å²) in [7, 11) is 0. The van der Waals surface area contributed by atoms with Gasteiger partial charge in [-0.05, 0) is 19.3 Å². The lowest BCUT2D eigenvalue weighted by Crippen LogP contribution is -2.02. The van der Waals surface area contributed by atoms with Crippen LogP contribution in [0.15, 0.2) is 4.52 Å². The van der Waals surface area contributed by atoms with Crippen LogP contribution >= 0.6 is 0 Å². The first-order valence-corrected chi connectivity index (χ1v) is 5.22. The van der Waals surface area contributed by atoms with E-state index in [-0.39, 0.29) is 0 Å². The zero-order valence-corrected chi connectivity index (χ0v) is 9.21. The second-order valence-corrected chi connectivity index (χ2v) is 3.96. The fraction of sp³-hybridized carbons (Fsp3) is 0.800. The Hall–Kier alpha value is -1.06. The number of hydrogen-bond donors (Lipinski definition) is 1. The molecule has 4 nitrogen and oxygen atoms in total. The van der Waals surface area contributed by atoms with Crippen LogP contribution in [-0.4, -0.2) is 16.7 Å². The highest BCUT2D eigenvalue weighted by atomic mass is 16.5. The molecule has 0 aliphatic carbocycles. The summed E-state index contributed by atoms with van der Waals surface area (Å²) in [4.78, 5) is 4.05. The van der Waals surface area contributed by atoms with Gasteiger partial charge in [0, 0.05) is 6.54 Å². The van der Waals surface area contributed by atoms with Gasteiger partial charge in [-0.1, -0.05) is 31.8 Å². The van der Waals surface area contributed by atoms with Crippen LogP contribution in [0.25, 0.3) is 0 Å². The summed E-state index contributed by atoms with van der Waals surface area (Å²) in [6.07, 6.45) is 3.68. The van der Waals surface area contributed by atoms with Crippen molar-refractivity contribution in [2.45, 2.75) is 40.0 Å². The zero-order chi connectivity index (χ0) is 10.4. The second kappa shape index (κ2) is 5.62. The highest BCUT2D eigenvalue weighted by Gasteiger charge is 2.00. The van der Waals surface area contributed by atoms with Gasteiger partial charge >= 0.3 is 6.01 Å². The van der Waals surface area contributed by atoms with Crippen molar-refractivity contribution in [3.63, 3.8) is 0 Å². The molecule has 1 heterocycles. The normalized spacial score (nSPS) is 10.9. The Labute approximate surface area is 85.1 Å². The lowest BCUT2D eigenvalue weighted by molar-refractivity contribution is 0.424. The van der Waals surface area contributed by atoms with Crippen LogP contribution in [-0.2, 0) is 0 Å². The number of rotatable bonds is 6. The molecular formula is C10H19N3O. The van der Waals surface area contributed by atoms with Crippen molar-refractivity contribution in [2.24, 2.45) is 5.92 Å². The van der Waals surface area contributed by atoms with Gasteiger partial charge in [0.1, 0.15) is 0 Å². The topological polar surface area (TPSA) is 51.0 Å². The Bertz CT molecular complexity index is 258. The number of aryl methyl sites for hydroxylation is 1. The summed E-state index contributed by atoms with van der Waals surface area (Å²) < 4.78 is 4.92. The first-order valence-electron chi connectivity index (χ1n) is 5.22. The van der Waals surface area contributed by atoms with Crippen LogP contribution in [0.2, 0.25) is 0 Å². The van der Waals surface area contributed by atoms with Gasteiger partial charge in [-0.25, -0.2) is 0 Å². The van der Waals surface area contributed by atoms with Gasteiger partial charge in [0.25, 0.3) is 0 Å². The molecule has 0 spiro atoms. The molecule has 0 radical (unpaired) electrons. The van der Waals surface area contributed by atoms with E-state index in [1.807, 2.05) is 6.92 Å². The van der Waals surface area contributed by atoms with E-state index in [4.69, 9.17) is 4.52 Å². The Balaban J connectivity index is 2.04. The maximum atomic E-state index is 4.92. The Kier molecular flexibility index (Phi) is 4.43. The van der Waals surface area contributed by atoms with Gasteiger partial charge in [0.2, 0.25) is 0 Å². The zero-order valence-electron chi connectivity index (χ0n) is 9.21. The van der Waals surface area contributed by atoms with Crippen molar-refractivity contribution in [1.82, 2.24) is 10.1 Å². The minimum Gasteiger partial charge on any atom is -0.338 e. The SMILES string of the molecule is Cc1noc(NCCCCC(C)C)n1. The largest absolute Gasteiger partial charge is 0.338 e. The van der Waals surface area contributed by atoms with Crippen molar-refractivity contribution < 1.29 is 4.52 Å². The predicted octanol–water partition coefficient (Wildman–Crippen LogP) is 2.62. The highest BCUT2D eigenvalue weighted by Crippen LogP contribution is 2.07. The van der Waals surface area contributed by atoms with Crippen LogP contribution in [0.5, 0.6) is 0 Å². The van der Waals surface area contributed by atoms with Crippen LogP contribution in [0.4, 0.5) is 6.01 Å². The lowest BCUT2D eigenvalue weighted by atomic mass is 10.1. The van der Waals surface area contributed by atoms with E-state index in [2.05, 4.69) is 29.3 Å². The molecule has 0 aliphatic rings. The average molecular weight is 197 g/mol. The van der Waals surface area contributed by atoms with Gasteiger partial charge in [-0.3, -0.25) is 0 Å². The van der Waals surface area contributed by atoms with Crippen molar-refractivity contribution >= 4 is 6.01 Å². The monoisotopic (exact) mass is 197 g/mol. The lowest BCUT2D eigenvalue weighted by Gasteiger charge is -2.03. The number of nitrogens with one attached hydrogen (secondary N) is 1. The fourth-order valence-corrected chi connectivity index (χ4v) is 1.24. The smallest absolute Gasteiger partial charge is 0.321 e. The summed E-state index contributed by atoms with van der Waals surface area (Å²) in [6.45, 7) is 7.21. The van der Waals surface area contributed by atoms with E-state index in [1.165, 1.54) is 12.8 Å². The quantitative estimate of drug-likeness (QED) is 0.712. The number of nitrogens with zero attached hydrogens (tertiary/aromatic N) is 2. The first-order chi connectivity index (χ1) is 6.68. The molecule has 80 valence electrons. The van der Waals surface area contributed by atoms with E-state index in [9.17, 15) is 0 Å². The number of unbranched alkanes of at least 4 members (excludes halogenated alkanes) is 1. The molecule has 1 aromatic rings. The molecule has 0 aromatic carbocycles. The molecule has 4 heteroatoms. The molecule has 0 atom stereocenters. The van der Waals surface area contributed by atoms with Crippen LogP contribution < -0.4 is 5.32 Å². The first kappa shape index (κ1) is 11.0. The maximum absolute atomic E-state index is 4.92. The van der Waals surface area contributed by atoms with Gasteiger partial charge in [-0.15, -0.1) is 0 Å². The maximum Gasteiger partial charge on any atom is 0.321 e. The number of hydrogen-bond acceptors (Lipinski definition) is 4. The number of anilines is 1. The van der Waals surface area contributed by atoms with Crippen LogP contribution in [0.3, 0.4) is 0 Å². The molecule has 0 bridgehead atoms. The number of aromatic nitrogens is 2. The molecule has 0 saturated heterocycles. The van der Waals surface area contributed by atoms with E-state index >= 15 is 0 Å². The van der Waals surface area contributed by atoms with E-state index in [0.717, 1.165) is 18.9 Å². The molecule has 14 heavy (non-hydrogen) atoms. The molecule has 0 aliphatic heterocycles. The minimum absolute atomic E-state index is 0.534. The fourth-order valence-electron chi connectivity index (χ4n) is 1.24. The second-order valence-electron chi connectivity index (χ2n) is 3.96. The molecule has 0 saturated carbocycles. The summed E-state index contributed by atoms with van der Waals surface area (Å²) >= 11 is 0. The minimum atomic E-state index is 0.534. The summed E-state index contributed by atoms with van der Waals surface area (Å²) in [5.41, 5.74) is 0. The van der Waals surface area contributed by atoms with Gasteiger partial charge in [-0.2, -0.15) is 4.98 Å². The molecule has 0 amide bonds. The standard InChI is InChI=1S/C10H19N3O/c1-8(2)6-4-5-7-11-10-12-9(3)13-14-10/h8H,4-7H2,1-3H3,(H,11,12,13). The van der Waals surface area contributed by atoms with E-state index in [1.54, 1.807) is 0 Å². The van der Waals surface area contributed by atoms with Gasteiger partial charge in [0.05, 0.1) is 0 Å². The summed E-state index contributed by atoms with van der Waals surface area (Å²) in [5, 5.41) is 6.79. The summed E-state index contributed by atoms with van der Waals surface area (Å²) in [5.74, 6) is 1.47. The molecule has 1 rings (SSSR count). The van der Waals surface area contributed by atoms with Crippen LogP contribution in [0, 0.1) is 12.8 Å². The van der Waals surface area contributed by atoms with Crippen molar-refractivity contribution in [3.8, 4) is 0 Å². The Morgan fingerprint density at radius 3 is 2.71 bits per heavy atom. The molecular weight excluding hydrogens is 178 g/mol. The van der Waals surface area contributed by atoms with Crippen molar-refractivity contribution in [1.29, 1.82) is 0 Å².